The maximum atomic E-state index is 12.3. The molecule has 2 amide bonds. The number of halogens is 1. The Morgan fingerprint density at radius 2 is 2.18 bits per heavy atom. The van der Waals surface area contributed by atoms with Gasteiger partial charge in [0.1, 0.15) is 6.04 Å². The number of rotatable bonds is 0. The molecule has 17 heavy (non-hydrogen) atoms. The number of nitrogens with zero attached hydrogens (tertiary/aromatic N) is 1. The molecule has 2 aliphatic rings. The van der Waals surface area contributed by atoms with Crippen LogP contribution in [0.15, 0.2) is 18.2 Å². The van der Waals surface area contributed by atoms with Gasteiger partial charge < -0.3 is 10.2 Å². The van der Waals surface area contributed by atoms with Crippen molar-refractivity contribution in [1.82, 2.24) is 4.90 Å². The third-order valence-corrected chi connectivity index (χ3v) is 3.52. The second-order valence-corrected chi connectivity index (χ2v) is 4.77. The van der Waals surface area contributed by atoms with E-state index in [-0.39, 0.29) is 17.9 Å². The van der Waals surface area contributed by atoms with Crippen LogP contribution in [0.1, 0.15) is 23.2 Å². The van der Waals surface area contributed by atoms with E-state index in [2.05, 4.69) is 5.32 Å². The molecule has 5 heteroatoms. The van der Waals surface area contributed by atoms with Crippen molar-refractivity contribution in [2.75, 3.05) is 11.9 Å². The number of hydrogen-bond donors (Lipinski definition) is 1. The summed E-state index contributed by atoms with van der Waals surface area (Å²) < 4.78 is 0. The summed E-state index contributed by atoms with van der Waals surface area (Å²) in [6, 6.07) is 4.63. The van der Waals surface area contributed by atoms with Crippen LogP contribution in [0.2, 0.25) is 5.02 Å². The molecule has 0 aromatic heterocycles. The average molecular weight is 251 g/mol. The maximum absolute atomic E-state index is 12.3. The third-order valence-electron chi connectivity index (χ3n) is 3.29. The Balaban J connectivity index is 2.12. The molecule has 2 aliphatic heterocycles. The molecule has 1 fully saturated rings. The van der Waals surface area contributed by atoms with Crippen molar-refractivity contribution in [3.8, 4) is 0 Å². The first-order valence-electron chi connectivity index (χ1n) is 5.58. The van der Waals surface area contributed by atoms with Gasteiger partial charge in [-0.05, 0) is 31.0 Å². The minimum absolute atomic E-state index is 0.0856. The molecule has 1 aromatic rings. The van der Waals surface area contributed by atoms with Gasteiger partial charge in [-0.1, -0.05) is 11.6 Å². The smallest absolute Gasteiger partial charge is 0.256 e. The van der Waals surface area contributed by atoms with Crippen LogP contribution >= 0.6 is 11.6 Å². The van der Waals surface area contributed by atoms with E-state index in [1.54, 1.807) is 23.1 Å². The van der Waals surface area contributed by atoms with Crippen LogP contribution in [-0.4, -0.2) is 29.3 Å². The summed E-state index contributed by atoms with van der Waals surface area (Å²) in [4.78, 5) is 25.9. The number of hydrogen-bond acceptors (Lipinski definition) is 2. The second-order valence-electron chi connectivity index (χ2n) is 4.34. The van der Waals surface area contributed by atoms with E-state index in [9.17, 15) is 9.59 Å². The molecule has 1 N–H and O–H groups in total. The number of nitrogens with one attached hydrogen (secondary N) is 1. The minimum atomic E-state index is -0.325. The van der Waals surface area contributed by atoms with Crippen LogP contribution in [0, 0.1) is 0 Å². The monoisotopic (exact) mass is 250 g/mol. The fraction of sp³-hybridized carbons (Fsp3) is 0.333. The van der Waals surface area contributed by atoms with Gasteiger partial charge in [0, 0.05) is 11.6 Å². The molecule has 1 atom stereocenters. The minimum Gasteiger partial charge on any atom is -0.327 e. The topological polar surface area (TPSA) is 49.4 Å². The lowest BCUT2D eigenvalue weighted by Crippen LogP contribution is -2.40. The number of amides is 2. The highest BCUT2D eigenvalue weighted by molar-refractivity contribution is 6.31. The van der Waals surface area contributed by atoms with Gasteiger partial charge >= 0.3 is 0 Å². The first-order valence-corrected chi connectivity index (χ1v) is 5.96. The zero-order chi connectivity index (χ0) is 12.0. The largest absolute Gasteiger partial charge is 0.327 e. The van der Waals surface area contributed by atoms with Crippen molar-refractivity contribution < 1.29 is 9.59 Å². The van der Waals surface area contributed by atoms with Gasteiger partial charge in [0.25, 0.3) is 5.91 Å². The highest BCUT2D eigenvalue weighted by atomic mass is 35.5. The summed E-state index contributed by atoms with van der Waals surface area (Å²) in [5, 5.41) is 3.29. The van der Waals surface area contributed by atoms with Crippen LogP contribution < -0.4 is 5.32 Å². The van der Waals surface area contributed by atoms with Crippen molar-refractivity contribution >= 4 is 29.1 Å². The number of carbonyl (C=O) groups is 2. The Morgan fingerprint density at radius 1 is 1.35 bits per heavy atom. The Kier molecular flexibility index (Phi) is 2.33. The molecule has 0 spiro atoms. The highest BCUT2D eigenvalue weighted by Gasteiger charge is 2.38. The molecule has 88 valence electrons. The predicted molar refractivity (Wildman–Crippen MR) is 64.1 cm³/mol. The summed E-state index contributed by atoms with van der Waals surface area (Å²) in [6.45, 7) is 0.652. The quantitative estimate of drug-likeness (QED) is 0.765. The lowest BCUT2D eigenvalue weighted by Gasteiger charge is -2.19. The molecule has 1 aromatic carbocycles. The molecule has 1 saturated heterocycles. The van der Waals surface area contributed by atoms with Crippen LogP contribution in [0.4, 0.5) is 5.69 Å². The zero-order valence-electron chi connectivity index (χ0n) is 9.07. The van der Waals surface area contributed by atoms with Gasteiger partial charge in [-0.15, -0.1) is 0 Å². The van der Waals surface area contributed by atoms with Crippen LogP contribution in [0.3, 0.4) is 0 Å². The number of anilines is 1. The number of carbonyl (C=O) groups excluding carboxylic acids is 2. The summed E-state index contributed by atoms with van der Waals surface area (Å²) in [5.74, 6) is -0.200. The first-order chi connectivity index (χ1) is 8.16. The Labute approximate surface area is 104 Å². The van der Waals surface area contributed by atoms with E-state index in [0.29, 0.717) is 22.8 Å². The normalized spacial score (nSPS) is 22.9. The van der Waals surface area contributed by atoms with E-state index < -0.39 is 0 Å². The number of benzene rings is 1. The van der Waals surface area contributed by atoms with Gasteiger partial charge in [-0.2, -0.15) is 0 Å². The van der Waals surface area contributed by atoms with Crippen molar-refractivity contribution in [2.45, 2.75) is 18.9 Å². The van der Waals surface area contributed by atoms with Crippen LogP contribution in [-0.2, 0) is 4.79 Å². The summed E-state index contributed by atoms with van der Waals surface area (Å²) in [7, 11) is 0. The van der Waals surface area contributed by atoms with E-state index in [4.69, 9.17) is 11.6 Å². The van der Waals surface area contributed by atoms with Gasteiger partial charge in [-0.25, -0.2) is 0 Å². The zero-order valence-corrected chi connectivity index (χ0v) is 9.83. The van der Waals surface area contributed by atoms with Gasteiger partial charge in [-0.3, -0.25) is 9.59 Å². The fourth-order valence-corrected chi connectivity index (χ4v) is 2.63. The maximum Gasteiger partial charge on any atom is 0.256 e. The molecule has 0 unspecified atom stereocenters. The second kappa shape index (κ2) is 3.74. The van der Waals surface area contributed by atoms with Crippen molar-refractivity contribution in [3.63, 3.8) is 0 Å². The molecule has 0 radical (unpaired) electrons. The standard InChI is InChI=1S/C12H11ClN2O2/c13-7-3-4-8-9(6-7)14-11(16)10-2-1-5-15(10)12(8)17/h3-4,6,10H,1-2,5H2,(H,14,16)/t10-/m1/s1. The van der Waals surface area contributed by atoms with E-state index in [1.165, 1.54) is 0 Å². The Hall–Kier alpha value is -1.55. The van der Waals surface area contributed by atoms with E-state index in [0.717, 1.165) is 12.8 Å². The van der Waals surface area contributed by atoms with E-state index >= 15 is 0 Å². The molecule has 0 aliphatic carbocycles. The number of fused-ring (bicyclic) bond motifs is 2. The van der Waals surface area contributed by atoms with Crippen molar-refractivity contribution in [3.05, 3.63) is 28.8 Å². The lowest BCUT2D eigenvalue weighted by molar-refractivity contribution is -0.119. The first kappa shape index (κ1) is 10.6. The Morgan fingerprint density at radius 3 is 3.00 bits per heavy atom. The summed E-state index contributed by atoms with van der Waals surface area (Å²) >= 11 is 5.87. The average Bonchev–Trinajstić information content (AvgIpc) is 2.74. The van der Waals surface area contributed by atoms with E-state index in [1.807, 2.05) is 0 Å². The molecular weight excluding hydrogens is 240 g/mol. The molecule has 3 rings (SSSR count). The SMILES string of the molecule is O=C1Nc2cc(Cl)ccc2C(=O)N2CCC[C@H]12. The van der Waals surface area contributed by atoms with Gasteiger partial charge in [0.15, 0.2) is 0 Å². The molecule has 0 bridgehead atoms. The molecule has 4 nitrogen and oxygen atoms in total. The lowest BCUT2D eigenvalue weighted by atomic mass is 10.1. The van der Waals surface area contributed by atoms with Crippen LogP contribution in [0.5, 0.6) is 0 Å². The highest BCUT2D eigenvalue weighted by Crippen LogP contribution is 2.30. The van der Waals surface area contributed by atoms with Crippen LogP contribution in [0.25, 0.3) is 0 Å². The molecular formula is C12H11ClN2O2. The van der Waals surface area contributed by atoms with Crippen molar-refractivity contribution in [1.29, 1.82) is 0 Å². The summed E-state index contributed by atoms with van der Waals surface area (Å²) in [6.07, 6.45) is 1.62. The van der Waals surface area contributed by atoms with Gasteiger partial charge in [0.2, 0.25) is 5.91 Å². The third kappa shape index (κ3) is 1.60. The molecule has 0 saturated carbocycles. The van der Waals surface area contributed by atoms with Crippen molar-refractivity contribution in [2.24, 2.45) is 0 Å². The molecule has 2 heterocycles. The predicted octanol–water partition coefficient (Wildman–Crippen LogP) is 1.90. The Bertz CT molecular complexity index is 515. The van der Waals surface area contributed by atoms with Gasteiger partial charge in [0.05, 0.1) is 11.3 Å². The fourth-order valence-electron chi connectivity index (χ4n) is 2.46. The summed E-state index contributed by atoms with van der Waals surface area (Å²) in [5.41, 5.74) is 1.04.